The van der Waals surface area contributed by atoms with Crippen molar-refractivity contribution >= 4 is 46.0 Å². The minimum Gasteiger partial charge on any atom is -0.492 e. The van der Waals surface area contributed by atoms with Crippen molar-refractivity contribution in [3.8, 4) is 5.75 Å². The summed E-state index contributed by atoms with van der Waals surface area (Å²) in [7, 11) is 0. The summed E-state index contributed by atoms with van der Waals surface area (Å²) >= 11 is 1.95. The summed E-state index contributed by atoms with van der Waals surface area (Å²) in [5, 5.41) is 11.7. The predicted molar refractivity (Wildman–Crippen MR) is 111 cm³/mol. The topological polar surface area (TPSA) is 105 Å². The second-order valence-corrected chi connectivity index (χ2v) is 7.88. The van der Waals surface area contributed by atoms with Gasteiger partial charge >= 0.3 is 6.09 Å². The van der Waals surface area contributed by atoms with E-state index in [1.807, 2.05) is 22.6 Å². The number of hydrogen-bond acceptors (Lipinski definition) is 4. The molecule has 1 aliphatic rings. The quantitative estimate of drug-likeness (QED) is 0.506. The van der Waals surface area contributed by atoms with Crippen molar-refractivity contribution in [1.82, 2.24) is 4.90 Å². The lowest BCUT2D eigenvalue weighted by molar-refractivity contribution is 0.0996. The molecule has 2 amide bonds. The third-order valence-corrected chi connectivity index (χ3v) is 5.22. The molecule has 154 valence electrons. The van der Waals surface area contributed by atoms with Gasteiger partial charge in [-0.1, -0.05) is 0 Å². The standard InChI is InChI=1S/C19H18F2IN3O4/c20-11-5-15(24-14-2-1-12(22)7-13(14)21)17(18(23)26)16(6-11)29-9-10-3-4-25(8-10)19(27)28/h1-2,5-7,10,24H,3-4,8-9H2,(H2,23,26)(H,27,28). The van der Waals surface area contributed by atoms with Crippen LogP contribution in [0.3, 0.4) is 0 Å². The van der Waals surface area contributed by atoms with E-state index in [0.29, 0.717) is 16.5 Å². The summed E-state index contributed by atoms with van der Waals surface area (Å²) < 4.78 is 34.6. The fraction of sp³-hybridized carbons (Fsp3) is 0.263. The Hall–Kier alpha value is -2.63. The number of ether oxygens (including phenoxy) is 1. The van der Waals surface area contributed by atoms with Gasteiger partial charge in [-0.2, -0.15) is 0 Å². The monoisotopic (exact) mass is 517 g/mol. The van der Waals surface area contributed by atoms with Crippen molar-refractivity contribution in [3.63, 3.8) is 0 Å². The molecule has 0 bridgehead atoms. The van der Waals surface area contributed by atoms with E-state index in [2.05, 4.69) is 5.32 Å². The number of amides is 2. The van der Waals surface area contributed by atoms with Crippen molar-refractivity contribution in [1.29, 1.82) is 0 Å². The Morgan fingerprint density at radius 1 is 1.28 bits per heavy atom. The third-order valence-electron chi connectivity index (χ3n) is 4.54. The summed E-state index contributed by atoms with van der Waals surface area (Å²) in [6.45, 7) is 0.758. The minimum atomic E-state index is -1.01. The number of benzene rings is 2. The molecular weight excluding hydrogens is 499 g/mol. The van der Waals surface area contributed by atoms with Gasteiger partial charge < -0.3 is 25.8 Å². The summed E-state index contributed by atoms with van der Waals surface area (Å²) in [5.41, 5.74) is 5.38. The van der Waals surface area contributed by atoms with Crippen LogP contribution in [-0.2, 0) is 0 Å². The van der Waals surface area contributed by atoms with E-state index in [1.165, 1.54) is 17.0 Å². The molecule has 1 aliphatic heterocycles. The molecule has 0 aromatic heterocycles. The van der Waals surface area contributed by atoms with Crippen LogP contribution in [0.1, 0.15) is 16.8 Å². The highest BCUT2D eigenvalue weighted by Gasteiger charge is 2.27. The lowest BCUT2D eigenvalue weighted by Gasteiger charge is -2.18. The Labute approximate surface area is 179 Å². The predicted octanol–water partition coefficient (Wildman–Crippen LogP) is 3.79. The summed E-state index contributed by atoms with van der Waals surface area (Å²) in [6, 6.07) is 6.47. The van der Waals surface area contributed by atoms with E-state index in [9.17, 15) is 18.4 Å². The zero-order valence-electron chi connectivity index (χ0n) is 15.1. The molecule has 1 heterocycles. The van der Waals surface area contributed by atoms with Crippen LogP contribution >= 0.6 is 22.6 Å². The molecular formula is C19H18F2IN3O4. The summed E-state index contributed by atoms with van der Waals surface area (Å²) in [6.07, 6.45) is -0.422. The molecule has 1 saturated heterocycles. The Morgan fingerprint density at radius 3 is 2.66 bits per heavy atom. The van der Waals surface area contributed by atoms with Crippen molar-refractivity contribution in [2.75, 3.05) is 25.0 Å². The van der Waals surface area contributed by atoms with Gasteiger partial charge in [0, 0.05) is 28.6 Å². The number of primary amides is 1. The molecule has 2 aromatic carbocycles. The van der Waals surface area contributed by atoms with Gasteiger partial charge in [0.2, 0.25) is 0 Å². The zero-order chi connectivity index (χ0) is 21.1. The van der Waals surface area contributed by atoms with Gasteiger partial charge in [-0.05, 0) is 53.3 Å². The van der Waals surface area contributed by atoms with Crippen molar-refractivity contribution in [2.45, 2.75) is 6.42 Å². The largest absolute Gasteiger partial charge is 0.492 e. The SMILES string of the molecule is NC(=O)c1c(Nc2ccc(I)cc2F)cc(F)cc1OCC1CCN(C(=O)O)C1. The number of nitrogens with one attached hydrogen (secondary N) is 1. The van der Waals surface area contributed by atoms with E-state index in [4.69, 9.17) is 15.6 Å². The highest BCUT2D eigenvalue weighted by atomic mass is 127. The Kier molecular flexibility index (Phi) is 6.40. The fourth-order valence-electron chi connectivity index (χ4n) is 3.13. The first kappa shape index (κ1) is 21.1. The third kappa shape index (κ3) is 5.05. The van der Waals surface area contributed by atoms with E-state index in [1.54, 1.807) is 6.07 Å². The van der Waals surface area contributed by atoms with Crippen molar-refractivity contribution in [2.24, 2.45) is 11.7 Å². The van der Waals surface area contributed by atoms with Crippen LogP contribution in [0.2, 0.25) is 0 Å². The van der Waals surface area contributed by atoms with Crippen LogP contribution in [0, 0.1) is 21.1 Å². The van der Waals surface area contributed by atoms with Gasteiger partial charge in [-0.25, -0.2) is 13.6 Å². The zero-order valence-corrected chi connectivity index (χ0v) is 17.3. The second-order valence-electron chi connectivity index (χ2n) is 6.63. The first-order valence-corrected chi connectivity index (χ1v) is 9.78. The molecule has 1 fully saturated rings. The van der Waals surface area contributed by atoms with Gasteiger partial charge in [0.25, 0.3) is 5.91 Å². The first-order chi connectivity index (χ1) is 13.7. The number of carbonyl (C=O) groups is 2. The molecule has 3 rings (SSSR count). The van der Waals surface area contributed by atoms with Crippen LogP contribution in [0.15, 0.2) is 30.3 Å². The average Bonchev–Trinajstić information content (AvgIpc) is 3.11. The van der Waals surface area contributed by atoms with Gasteiger partial charge in [-0.15, -0.1) is 0 Å². The number of likely N-dealkylation sites (tertiary alicyclic amines) is 1. The molecule has 10 heteroatoms. The van der Waals surface area contributed by atoms with Crippen molar-refractivity contribution in [3.05, 3.63) is 51.1 Å². The highest BCUT2D eigenvalue weighted by molar-refractivity contribution is 14.1. The van der Waals surface area contributed by atoms with E-state index in [-0.39, 0.29) is 41.8 Å². The number of carbonyl (C=O) groups excluding carboxylic acids is 1. The lowest BCUT2D eigenvalue weighted by atomic mass is 10.1. The summed E-state index contributed by atoms with van der Waals surface area (Å²) in [5.74, 6) is -2.32. The second kappa shape index (κ2) is 8.80. The van der Waals surface area contributed by atoms with Crippen LogP contribution < -0.4 is 15.8 Å². The van der Waals surface area contributed by atoms with Crippen molar-refractivity contribution < 1.29 is 28.2 Å². The Morgan fingerprint density at radius 2 is 2.03 bits per heavy atom. The number of anilines is 2. The van der Waals surface area contributed by atoms with Crippen LogP contribution in [0.4, 0.5) is 25.0 Å². The average molecular weight is 517 g/mol. The number of nitrogens with two attached hydrogens (primary N) is 1. The van der Waals surface area contributed by atoms with Crippen LogP contribution in [0.5, 0.6) is 5.75 Å². The molecule has 7 nitrogen and oxygen atoms in total. The van der Waals surface area contributed by atoms with Crippen LogP contribution in [0.25, 0.3) is 0 Å². The van der Waals surface area contributed by atoms with E-state index < -0.39 is 23.6 Å². The number of nitrogens with zero attached hydrogens (tertiary/aromatic N) is 1. The molecule has 29 heavy (non-hydrogen) atoms. The molecule has 0 saturated carbocycles. The Balaban J connectivity index is 1.84. The van der Waals surface area contributed by atoms with Gasteiger partial charge in [-0.3, -0.25) is 4.79 Å². The molecule has 0 spiro atoms. The normalized spacial score (nSPS) is 16.0. The Bertz CT molecular complexity index is 957. The molecule has 2 aromatic rings. The number of hydrogen-bond donors (Lipinski definition) is 3. The maximum Gasteiger partial charge on any atom is 0.407 e. The van der Waals surface area contributed by atoms with Crippen LogP contribution in [-0.4, -0.2) is 41.7 Å². The minimum absolute atomic E-state index is 0.0220. The van der Waals surface area contributed by atoms with E-state index in [0.717, 1.165) is 12.1 Å². The number of carboxylic acid groups (broad SMARTS) is 1. The maximum absolute atomic E-state index is 14.2. The smallest absolute Gasteiger partial charge is 0.407 e. The lowest BCUT2D eigenvalue weighted by Crippen LogP contribution is -2.27. The van der Waals surface area contributed by atoms with Gasteiger partial charge in [0.05, 0.1) is 18.0 Å². The summed E-state index contributed by atoms with van der Waals surface area (Å²) in [4.78, 5) is 24.3. The van der Waals surface area contributed by atoms with Gasteiger partial charge in [0.15, 0.2) is 0 Å². The molecule has 0 radical (unpaired) electrons. The van der Waals surface area contributed by atoms with Gasteiger partial charge in [0.1, 0.15) is 22.9 Å². The number of rotatable bonds is 6. The maximum atomic E-state index is 14.2. The molecule has 1 atom stereocenters. The fourth-order valence-corrected chi connectivity index (χ4v) is 3.59. The molecule has 4 N–H and O–H groups in total. The molecule has 0 aliphatic carbocycles. The number of halogens is 3. The highest BCUT2D eigenvalue weighted by Crippen LogP contribution is 2.32. The first-order valence-electron chi connectivity index (χ1n) is 8.70. The van der Waals surface area contributed by atoms with E-state index >= 15 is 0 Å². The molecule has 1 unspecified atom stereocenters.